The number of allylic oxidation sites excluding steroid dienone is 3. The van der Waals surface area contributed by atoms with Crippen LogP contribution in [0.1, 0.15) is 20.3 Å². The summed E-state index contributed by atoms with van der Waals surface area (Å²) in [5, 5.41) is 2.63. The first kappa shape index (κ1) is 17.7. The quantitative estimate of drug-likeness (QED) is 0.623. The predicted octanol–water partition coefficient (Wildman–Crippen LogP) is 3.71. The number of H-pyrrole nitrogens is 1. The molecule has 7 nitrogen and oxygen atoms in total. The molecule has 26 heavy (non-hydrogen) atoms. The van der Waals surface area contributed by atoms with Gasteiger partial charge in [-0.3, -0.25) is 10.1 Å². The molecular weight excluding hydrogens is 348 g/mol. The van der Waals surface area contributed by atoms with Gasteiger partial charge in [0.2, 0.25) is 11.9 Å². The maximum Gasteiger partial charge on any atom is 0.586 e. The molecule has 0 aliphatic carbocycles. The smallest absolute Gasteiger partial charge is 0.501 e. The van der Waals surface area contributed by atoms with Crippen LogP contribution in [0.5, 0.6) is 11.5 Å². The first-order valence-corrected chi connectivity index (χ1v) is 7.76. The van der Waals surface area contributed by atoms with Crippen molar-refractivity contribution in [3.63, 3.8) is 0 Å². The highest BCUT2D eigenvalue weighted by molar-refractivity contribution is 5.93. The molecule has 0 fully saturated rings. The summed E-state index contributed by atoms with van der Waals surface area (Å²) in [5.74, 6) is 0.386. The van der Waals surface area contributed by atoms with Crippen molar-refractivity contribution in [1.29, 1.82) is 0 Å². The van der Waals surface area contributed by atoms with Gasteiger partial charge in [-0.2, -0.15) is 0 Å². The molecule has 0 saturated heterocycles. The summed E-state index contributed by atoms with van der Waals surface area (Å²) in [6.45, 7) is 3.61. The molecule has 1 aliphatic rings. The Kier molecular flexibility index (Phi) is 4.54. The Morgan fingerprint density at radius 1 is 1.38 bits per heavy atom. The van der Waals surface area contributed by atoms with E-state index in [1.54, 1.807) is 26.2 Å². The minimum absolute atomic E-state index is 0.0968. The first-order chi connectivity index (χ1) is 12.3. The molecule has 1 amide bonds. The number of hydrogen-bond acceptors (Lipinski definition) is 5. The SMILES string of the molecule is C/C=C(\C=C(/C)OC)CC(=O)Nc1nc2cc3c(cc2[nH]1)OC(F)(F)O3. The third-order valence-electron chi connectivity index (χ3n) is 3.71. The Hall–Kier alpha value is -3.10. The maximum absolute atomic E-state index is 13.1. The predicted molar refractivity (Wildman–Crippen MR) is 90.1 cm³/mol. The summed E-state index contributed by atoms with van der Waals surface area (Å²) in [4.78, 5) is 19.2. The lowest BCUT2D eigenvalue weighted by molar-refractivity contribution is -0.286. The van der Waals surface area contributed by atoms with Gasteiger partial charge < -0.3 is 19.2 Å². The number of methoxy groups -OCH3 is 1. The zero-order valence-corrected chi connectivity index (χ0v) is 14.4. The van der Waals surface area contributed by atoms with Gasteiger partial charge in [-0.25, -0.2) is 4.98 Å². The number of fused-ring (bicyclic) bond motifs is 2. The summed E-state index contributed by atoms with van der Waals surface area (Å²) < 4.78 is 40.0. The summed E-state index contributed by atoms with van der Waals surface area (Å²) in [6.07, 6.45) is 0.00980. The van der Waals surface area contributed by atoms with Crippen molar-refractivity contribution in [1.82, 2.24) is 9.97 Å². The molecule has 0 unspecified atom stereocenters. The second-order valence-corrected chi connectivity index (χ2v) is 5.62. The number of halogens is 2. The summed E-state index contributed by atoms with van der Waals surface area (Å²) in [5.41, 5.74) is 1.57. The molecule has 1 aliphatic heterocycles. The number of imidazole rings is 1. The number of nitrogens with one attached hydrogen (secondary N) is 2. The Morgan fingerprint density at radius 2 is 2.08 bits per heavy atom. The molecule has 1 aromatic carbocycles. The van der Waals surface area contributed by atoms with Gasteiger partial charge in [0.15, 0.2) is 11.5 Å². The highest BCUT2D eigenvalue weighted by Crippen LogP contribution is 2.42. The number of aromatic amines is 1. The maximum atomic E-state index is 13.1. The minimum Gasteiger partial charge on any atom is -0.501 e. The number of anilines is 1. The van der Waals surface area contributed by atoms with Crippen LogP contribution < -0.4 is 14.8 Å². The molecule has 3 rings (SSSR count). The van der Waals surface area contributed by atoms with Gasteiger partial charge in [-0.1, -0.05) is 6.08 Å². The van der Waals surface area contributed by atoms with Gasteiger partial charge in [0.05, 0.1) is 30.3 Å². The van der Waals surface area contributed by atoms with Crippen molar-refractivity contribution in [2.24, 2.45) is 0 Å². The lowest BCUT2D eigenvalue weighted by Gasteiger charge is -2.05. The molecular formula is C17H17F2N3O4. The van der Waals surface area contributed by atoms with Gasteiger partial charge in [-0.05, 0) is 25.5 Å². The van der Waals surface area contributed by atoms with Crippen molar-refractivity contribution in [3.05, 3.63) is 35.6 Å². The number of benzene rings is 1. The average Bonchev–Trinajstić information content (AvgIpc) is 3.07. The topological polar surface area (TPSA) is 85.5 Å². The summed E-state index contributed by atoms with van der Waals surface area (Å²) in [6, 6.07) is 2.66. The van der Waals surface area contributed by atoms with E-state index < -0.39 is 6.29 Å². The lowest BCUT2D eigenvalue weighted by Crippen LogP contribution is -2.25. The number of carbonyl (C=O) groups is 1. The number of rotatable bonds is 5. The molecule has 9 heteroatoms. The van der Waals surface area contributed by atoms with Crippen molar-refractivity contribution < 1.29 is 27.8 Å². The van der Waals surface area contributed by atoms with Crippen molar-refractivity contribution in [3.8, 4) is 11.5 Å². The Morgan fingerprint density at radius 3 is 2.73 bits per heavy atom. The second kappa shape index (κ2) is 6.66. The molecule has 0 bridgehead atoms. The van der Waals surface area contributed by atoms with Gasteiger partial charge in [0, 0.05) is 12.1 Å². The molecule has 138 valence electrons. The first-order valence-electron chi connectivity index (χ1n) is 7.76. The van der Waals surface area contributed by atoms with Crippen LogP contribution >= 0.6 is 0 Å². The zero-order valence-electron chi connectivity index (χ0n) is 14.4. The van der Waals surface area contributed by atoms with E-state index >= 15 is 0 Å². The number of amides is 1. The molecule has 0 atom stereocenters. The van der Waals surface area contributed by atoms with E-state index in [9.17, 15) is 13.6 Å². The fourth-order valence-corrected chi connectivity index (χ4v) is 2.43. The molecule has 2 aromatic rings. The van der Waals surface area contributed by atoms with E-state index in [0.717, 1.165) is 5.57 Å². The van der Waals surface area contributed by atoms with Crippen LogP contribution in [-0.2, 0) is 9.53 Å². The van der Waals surface area contributed by atoms with Crippen molar-refractivity contribution in [2.75, 3.05) is 12.4 Å². The third-order valence-corrected chi connectivity index (χ3v) is 3.71. The van der Waals surface area contributed by atoms with Crippen LogP contribution in [0.15, 0.2) is 35.6 Å². The zero-order chi connectivity index (χ0) is 18.9. The van der Waals surface area contributed by atoms with Gasteiger partial charge in [0.1, 0.15) is 0 Å². The fraction of sp³-hybridized carbons (Fsp3) is 0.294. The van der Waals surface area contributed by atoms with Crippen LogP contribution in [0.2, 0.25) is 0 Å². The van der Waals surface area contributed by atoms with Gasteiger partial charge >= 0.3 is 6.29 Å². The van der Waals surface area contributed by atoms with E-state index in [-0.39, 0.29) is 29.8 Å². The Bertz CT molecular complexity index is 873. The second-order valence-electron chi connectivity index (χ2n) is 5.62. The van der Waals surface area contributed by atoms with Crippen LogP contribution in [0, 0.1) is 0 Å². The third kappa shape index (κ3) is 3.76. The summed E-state index contributed by atoms with van der Waals surface area (Å²) in [7, 11) is 1.55. The van der Waals surface area contributed by atoms with Crippen molar-refractivity contribution >= 4 is 22.9 Å². The lowest BCUT2D eigenvalue weighted by atomic mass is 10.1. The Labute approximate surface area is 147 Å². The van der Waals surface area contributed by atoms with Crippen LogP contribution in [-0.4, -0.2) is 29.3 Å². The Balaban J connectivity index is 1.73. The largest absolute Gasteiger partial charge is 0.586 e. The van der Waals surface area contributed by atoms with Crippen LogP contribution in [0.25, 0.3) is 11.0 Å². The van der Waals surface area contributed by atoms with E-state index in [2.05, 4.69) is 24.8 Å². The normalized spacial score (nSPS) is 16.0. The van der Waals surface area contributed by atoms with E-state index in [1.165, 1.54) is 12.1 Å². The number of aromatic nitrogens is 2. The van der Waals surface area contributed by atoms with E-state index in [4.69, 9.17) is 4.74 Å². The highest BCUT2D eigenvalue weighted by Gasteiger charge is 2.43. The van der Waals surface area contributed by atoms with Gasteiger partial charge in [0.25, 0.3) is 0 Å². The summed E-state index contributed by atoms with van der Waals surface area (Å²) >= 11 is 0. The standard InChI is InChI=1S/C17H17F2N3O4/c1-4-10(5-9(2)24-3)6-15(23)22-16-20-11-7-13-14(8-12(11)21-16)26-17(18,19)25-13/h4-5,7-8H,6H2,1-3H3,(H2,20,21,22,23)/b9-5+,10-4+. The van der Waals surface area contributed by atoms with Crippen LogP contribution in [0.3, 0.4) is 0 Å². The number of carbonyl (C=O) groups excluding carboxylic acids is 1. The van der Waals surface area contributed by atoms with Gasteiger partial charge in [-0.15, -0.1) is 8.78 Å². The molecule has 2 N–H and O–H groups in total. The molecule has 0 saturated carbocycles. The van der Waals surface area contributed by atoms with E-state index in [1.807, 2.05) is 6.92 Å². The van der Waals surface area contributed by atoms with Crippen molar-refractivity contribution in [2.45, 2.75) is 26.6 Å². The minimum atomic E-state index is -3.69. The molecule has 2 heterocycles. The number of ether oxygens (including phenoxy) is 3. The number of nitrogens with zero attached hydrogens (tertiary/aromatic N) is 1. The molecule has 0 radical (unpaired) electrons. The molecule has 0 spiro atoms. The average molecular weight is 365 g/mol. The van der Waals surface area contributed by atoms with Crippen LogP contribution in [0.4, 0.5) is 14.7 Å². The number of hydrogen-bond donors (Lipinski definition) is 2. The molecule has 1 aromatic heterocycles. The fourth-order valence-electron chi connectivity index (χ4n) is 2.43. The van der Waals surface area contributed by atoms with E-state index in [0.29, 0.717) is 16.8 Å². The monoisotopic (exact) mass is 365 g/mol. The number of alkyl halides is 2. The highest BCUT2D eigenvalue weighted by atomic mass is 19.3.